The Morgan fingerprint density at radius 1 is 1.02 bits per heavy atom. The Labute approximate surface area is 290 Å². The van der Waals surface area contributed by atoms with Crippen LogP contribution in [-0.2, 0) is 50.6 Å². The average molecular weight is 799 g/mol. The van der Waals surface area contributed by atoms with E-state index >= 15 is 0 Å². The number of fused-ring (bicyclic) bond motifs is 2. The van der Waals surface area contributed by atoms with Crippen molar-refractivity contribution in [3.05, 3.63) is 23.0 Å². The Balaban J connectivity index is 0.991. The number of aromatic nitrogens is 6. The predicted octanol–water partition coefficient (Wildman–Crippen LogP) is -3.86. The predicted molar refractivity (Wildman–Crippen MR) is 163 cm³/mol. The number of aliphatic hydroxyl groups excluding tert-OH is 2. The summed E-state index contributed by atoms with van der Waals surface area (Å²) in [6.45, 7) is -1.82. The summed E-state index contributed by atoms with van der Waals surface area (Å²) in [6.07, 6.45) is -6.19. The molecule has 6 rings (SSSR count). The summed E-state index contributed by atoms with van der Waals surface area (Å²) in [4.78, 5) is 74.7. The molecule has 27 nitrogen and oxygen atoms in total. The van der Waals surface area contributed by atoms with Crippen LogP contribution in [0, 0.1) is 0 Å². The van der Waals surface area contributed by atoms with Gasteiger partial charge in [0.05, 0.1) is 25.7 Å². The standard InChI is InChI=1S/C22H33N10O17P3/c1-30-8-32(18-13(30)19(35)29-22(24)28-18)21-15(34)14(33)11(46-21)5-44-50(36,37)48-52(40,41)49-51(38,39)47-43-4-9-3-10(42-2)20(45-9)31-7-27-12-16(23)25-6-26-17(12)31/h6-7,9-11,14-15,20-21,33-34H,3-5,8H2,1-2H3,(H,36,37)(H,38,39)(H,40,41)(H2,23,25,26)(H3,24,28,29,35)/p-3/t9-,10?,11+,14?,15-,20+,21+/m0/s1. The van der Waals surface area contributed by atoms with Crippen molar-refractivity contribution in [1.82, 2.24) is 29.5 Å². The van der Waals surface area contributed by atoms with Gasteiger partial charge in [0.15, 0.2) is 29.7 Å². The lowest BCUT2D eigenvalue weighted by atomic mass is 10.1. The first kappa shape index (κ1) is 38.5. The van der Waals surface area contributed by atoms with Gasteiger partial charge in [0.1, 0.15) is 48.6 Å². The second kappa shape index (κ2) is 14.6. The van der Waals surface area contributed by atoms with E-state index in [1.807, 2.05) is 0 Å². The van der Waals surface area contributed by atoms with Crippen molar-refractivity contribution in [2.24, 2.45) is 0 Å². The minimum Gasteiger partial charge on any atom is -0.756 e. The molecule has 2 saturated heterocycles. The number of nitrogens with two attached hydrogens (primary N) is 2. The number of imidazole rings is 1. The summed E-state index contributed by atoms with van der Waals surface area (Å²) < 4.78 is 71.1. The van der Waals surface area contributed by atoms with E-state index in [9.17, 15) is 43.4 Å². The number of hydrogen-bond acceptors (Lipinski definition) is 25. The molecule has 30 heteroatoms. The number of nitrogen functional groups attached to an aromatic ring is 2. The van der Waals surface area contributed by atoms with Crippen LogP contribution >= 0.6 is 23.5 Å². The van der Waals surface area contributed by atoms with E-state index < -0.39 is 85.2 Å². The molecule has 0 aromatic carbocycles. The largest absolute Gasteiger partial charge is 0.756 e. The minimum absolute atomic E-state index is 0.0130. The van der Waals surface area contributed by atoms with Crippen molar-refractivity contribution in [3.63, 3.8) is 0 Å². The van der Waals surface area contributed by atoms with Crippen LogP contribution < -0.4 is 41.5 Å². The summed E-state index contributed by atoms with van der Waals surface area (Å²) in [5.41, 5.74) is 11.5. The van der Waals surface area contributed by atoms with Crippen LogP contribution in [0.2, 0.25) is 0 Å². The lowest BCUT2D eigenvalue weighted by Gasteiger charge is -2.34. The lowest BCUT2D eigenvalue weighted by Crippen LogP contribution is -2.45. The number of nitrogens with one attached hydrogen (secondary N) is 1. The van der Waals surface area contributed by atoms with E-state index in [4.69, 9.17) is 25.7 Å². The fourth-order valence-corrected chi connectivity index (χ4v) is 8.84. The highest BCUT2D eigenvalue weighted by atomic mass is 31.3. The SMILES string of the molecule is COC1C[C@@H](COOP(=O)([O-])OP(=O)([O-])OP(=O)([O-])OC[C@H]2O[C@@H](N3CN(C)c4c3nc(N)[nH]c4=O)[C@@H](O)C2O)O[C@H]1n1cnc2c(N)ncnc21. The highest BCUT2D eigenvalue weighted by Crippen LogP contribution is 2.63. The molecular formula is C22H30N10O17P3-3. The Hall–Kier alpha value is -3.20. The second-order valence-electron chi connectivity index (χ2n) is 11.4. The van der Waals surface area contributed by atoms with Crippen LogP contribution in [-0.4, -0.2) is 110 Å². The van der Waals surface area contributed by atoms with Gasteiger partial charge in [-0.1, -0.05) is 0 Å². The number of nitrogens with zero attached hydrogens (tertiary/aromatic N) is 7. The van der Waals surface area contributed by atoms with E-state index in [1.54, 1.807) is 0 Å². The Bertz CT molecular complexity index is 2000. The number of phosphoric ester groups is 1. The van der Waals surface area contributed by atoms with Crippen molar-refractivity contribution in [3.8, 4) is 0 Å². The Kier molecular flexibility index (Phi) is 10.8. The number of anilines is 4. The zero-order valence-electron chi connectivity index (χ0n) is 26.7. The molecular weight excluding hydrogens is 769 g/mol. The van der Waals surface area contributed by atoms with Gasteiger partial charge < -0.3 is 64.9 Å². The van der Waals surface area contributed by atoms with Crippen molar-refractivity contribution in [2.75, 3.05) is 55.3 Å². The molecule has 5 unspecified atom stereocenters. The molecule has 2 fully saturated rings. The van der Waals surface area contributed by atoms with E-state index in [0.717, 1.165) is 0 Å². The fourth-order valence-electron chi connectivity index (χ4n) is 5.68. The number of H-pyrrole nitrogens is 1. The quantitative estimate of drug-likeness (QED) is 0.0591. The molecule has 0 radical (unpaired) electrons. The topological polar surface area (TPSA) is 383 Å². The molecule has 0 saturated carbocycles. The maximum Gasteiger partial charge on any atom is 0.304 e. The highest BCUT2D eigenvalue weighted by molar-refractivity contribution is 7.65. The Morgan fingerprint density at radius 3 is 2.48 bits per heavy atom. The molecule has 0 aliphatic carbocycles. The lowest BCUT2D eigenvalue weighted by molar-refractivity contribution is -0.312. The number of aliphatic hydroxyl groups is 2. The van der Waals surface area contributed by atoms with Crippen LogP contribution in [0.4, 0.5) is 23.3 Å². The van der Waals surface area contributed by atoms with Gasteiger partial charge in [0, 0.05) is 20.6 Å². The first-order chi connectivity index (χ1) is 24.4. The van der Waals surface area contributed by atoms with Gasteiger partial charge in [-0.25, -0.2) is 28.5 Å². The number of methoxy groups -OCH3 is 1. The van der Waals surface area contributed by atoms with Crippen LogP contribution in [0.1, 0.15) is 12.6 Å². The zero-order chi connectivity index (χ0) is 37.7. The molecule has 0 spiro atoms. The second-order valence-corrected chi connectivity index (χ2v) is 15.8. The van der Waals surface area contributed by atoms with Crippen molar-refractivity contribution < 1.29 is 75.5 Å². The van der Waals surface area contributed by atoms with Gasteiger partial charge in [-0.15, -0.1) is 0 Å². The number of ether oxygens (including phenoxy) is 3. The molecule has 6 heterocycles. The van der Waals surface area contributed by atoms with Crippen molar-refractivity contribution in [1.29, 1.82) is 0 Å². The average Bonchev–Trinajstić information content (AvgIpc) is 3.79. The minimum atomic E-state index is -6.29. The van der Waals surface area contributed by atoms with E-state index in [0.29, 0.717) is 11.2 Å². The summed E-state index contributed by atoms with van der Waals surface area (Å²) in [5, 5.41) is 21.1. The first-order valence-corrected chi connectivity index (χ1v) is 19.1. The van der Waals surface area contributed by atoms with Crippen LogP contribution in [0.15, 0.2) is 17.4 Å². The van der Waals surface area contributed by atoms with Gasteiger partial charge in [0.25, 0.3) is 21.2 Å². The van der Waals surface area contributed by atoms with Crippen LogP contribution in [0.25, 0.3) is 11.2 Å². The highest BCUT2D eigenvalue weighted by Gasteiger charge is 2.49. The van der Waals surface area contributed by atoms with E-state index in [2.05, 4.69) is 47.6 Å². The van der Waals surface area contributed by atoms with Crippen LogP contribution in [0.3, 0.4) is 0 Å². The van der Waals surface area contributed by atoms with Gasteiger partial charge in [-0.2, -0.15) is 9.66 Å². The maximum atomic E-state index is 12.3. The monoisotopic (exact) mass is 799 g/mol. The molecule has 3 aliphatic heterocycles. The number of phosphoric acid groups is 3. The maximum absolute atomic E-state index is 12.3. The smallest absolute Gasteiger partial charge is 0.304 e. The first-order valence-electron chi connectivity index (χ1n) is 14.7. The summed E-state index contributed by atoms with van der Waals surface area (Å²) in [5.74, 6) is -0.154. The molecule has 7 N–H and O–H groups in total. The summed E-state index contributed by atoms with van der Waals surface area (Å²) >= 11 is 0. The third-order valence-corrected chi connectivity index (χ3v) is 11.8. The zero-order valence-corrected chi connectivity index (χ0v) is 29.4. The molecule has 3 aliphatic rings. The van der Waals surface area contributed by atoms with Crippen LogP contribution in [0.5, 0.6) is 0 Å². The van der Waals surface area contributed by atoms with Gasteiger partial charge >= 0.3 is 7.82 Å². The number of aromatic amines is 1. The normalized spacial score (nSPS) is 29.6. The fraction of sp³-hybridized carbons (Fsp3) is 0.591. The molecule has 3 aromatic heterocycles. The molecule has 10 atom stereocenters. The number of rotatable bonds is 14. The van der Waals surface area contributed by atoms with Gasteiger partial charge in [-0.05, 0) is 0 Å². The van der Waals surface area contributed by atoms with Gasteiger partial charge in [0.2, 0.25) is 5.95 Å². The molecule has 52 heavy (non-hydrogen) atoms. The van der Waals surface area contributed by atoms with Crippen molar-refractivity contribution in [2.45, 2.75) is 49.4 Å². The summed E-state index contributed by atoms with van der Waals surface area (Å²) in [7, 11) is -15.3. The number of hydrogen-bond donors (Lipinski definition) is 5. The van der Waals surface area contributed by atoms with E-state index in [-0.39, 0.29) is 36.4 Å². The Morgan fingerprint density at radius 2 is 1.75 bits per heavy atom. The molecule has 288 valence electrons. The van der Waals surface area contributed by atoms with E-state index in [1.165, 1.54) is 41.2 Å². The van der Waals surface area contributed by atoms with Gasteiger partial charge in [-0.3, -0.25) is 28.0 Å². The third kappa shape index (κ3) is 8.00. The molecule has 0 amide bonds. The summed E-state index contributed by atoms with van der Waals surface area (Å²) in [6, 6.07) is 0. The third-order valence-electron chi connectivity index (χ3n) is 7.86. The molecule has 0 bridgehead atoms. The molecule has 3 aromatic rings. The van der Waals surface area contributed by atoms with Crippen molar-refractivity contribution >= 4 is 57.9 Å².